The monoisotopic (exact) mass is 316 g/mol. The number of halogens is 1. The number of rotatable bonds is 7. The zero-order chi connectivity index (χ0) is 13.5. The molecule has 18 heavy (non-hydrogen) atoms. The number of aromatic amines is 1. The summed E-state index contributed by atoms with van der Waals surface area (Å²) < 4.78 is 2.08. The highest BCUT2D eigenvalue weighted by atomic mass is 79.9. The van der Waals surface area contributed by atoms with Crippen LogP contribution in [0, 0.1) is 6.92 Å². The van der Waals surface area contributed by atoms with Gasteiger partial charge in [-0.25, -0.2) is 4.79 Å². The number of hydrogen-bond acceptors (Lipinski definition) is 2. The lowest BCUT2D eigenvalue weighted by atomic mass is 10.1. The number of hydrogen-bond donors (Lipinski definition) is 1. The first-order chi connectivity index (χ1) is 8.57. The Labute approximate surface area is 116 Å². The second-order valence-electron chi connectivity index (χ2n) is 4.58. The van der Waals surface area contributed by atoms with Gasteiger partial charge in [0.05, 0.1) is 0 Å². The van der Waals surface area contributed by atoms with Gasteiger partial charge in [-0.2, -0.15) is 0 Å². The molecule has 1 aromatic heterocycles. The maximum absolute atomic E-state index is 11.7. The van der Waals surface area contributed by atoms with Gasteiger partial charge in [-0.1, -0.05) is 39.0 Å². The molecule has 0 spiro atoms. The van der Waals surface area contributed by atoms with E-state index in [2.05, 4.69) is 27.8 Å². The Balaban J connectivity index is 2.55. The first-order valence-electron chi connectivity index (χ1n) is 6.57. The minimum atomic E-state index is -0.350. The highest BCUT2D eigenvalue weighted by Crippen LogP contribution is 2.10. The Bertz CT molecular complexity index is 491. The van der Waals surface area contributed by atoms with Gasteiger partial charge in [-0.05, 0) is 29.3 Å². The van der Waals surface area contributed by atoms with E-state index in [1.807, 2.05) is 0 Å². The molecule has 1 rings (SSSR count). The highest BCUT2D eigenvalue weighted by Gasteiger charge is 2.07. The molecule has 0 amide bonds. The first-order valence-corrected chi connectivity index (χ1v) is 7.36. The van der Waals surface area contributed by atoms with Crippen molar-refractivity contribution >= 4 is 15.9 Å². The van der Waals surface area contributed by atoms with Crippen LogP contribution in [0.3, 0.4) is 0 Å². The normalized spacial score (nSPS) is 10.8. The third-order valence-corrected chi connectivity index (χ3v) is 4.06. The summed E-state index contributed by atoms with van der Waals surface area (Å²) in [5.41, 5.74) is 0.0447. The van der Waals surface area contributed by atoms with E-state index >= 15 is 0 Å². The van der Waals surface area contributed by atoms with E-state index in [1.165, 1.54) is 25.7 Å². The first kappa shape index (κ1) is 15.2. The number of unbranched alkanes of at least 4 members (excludes halogenated alkanes) is 5. The summed E-state index contributed by atoms with van der Waals surface area (Å²) in [6.07, 6.45) is 7.10. The lowest BCUT2D eigenvalue weighted by Crippen LogP contribution is -2.32. The molecule has 5 heteroatoms. The van der Waals surface area contributed by atoms with E-state index in [1.54, 1.807) is 11.5 Å². The molecule has 0 aliphatic carbocycles. The molecule has 102 valence electrons. The zero-order valence-corrected chi connectivity index (χ0v) is 12.7. The Morgan fingerprint density at radius 2 is 1.72 bits per heavy atom. The molecule has 0 radical (unpaired) electrons. The summed E-state index contributed by atoms with van der Waals surface area (Å²) in [7, 11) is 0. The summed E-state index contributed by atoms with van der Waals surface area (Å²) in [4.78, 5) is 25.3. The van der Waals surface area contributed by atoms with Crippen molar-refractivity contribution in [3.8, 4) is 0 Å². The molecule has 0 unspecified atom stereocenters. The van der Waals surface area contributed by atoms with Crippen LogP contribution in [0.25, 0.3) is 0 Å². The summed E-state index contributed by atoms with van der Waals surface area (Å²) in [5, 5.41) is 0. The molecule has 0 bridgehead atoms. The molecule has 0 fully saturated rings. The van der Waals surface area contributed by atoms with Crippen LogP contribution in [0.4, 0.5) is 0 Å². The fourth-order valence-corrected chi connectivity index (χ4v) is 2.29. The van der Waals surface area contributed by atoms with Gasteiger partial charge in [-0.3, -0.25) is 14.3 Å². The summed E-state index contributed by atoms with van der Waals surface area (Å²) in [6.45, 7) is 4.66. The van der Waals surface area contributed by atoms with Crippen molar-refractivity contribution in [2.75, 3.05) is 0 Å². The summed E-state index contributed by atoms with van der Waals surface area (Å²) in [6, 6.07) is 0. The average Bonchev–Trinajstić information content (AvgIpc) is 2.34. The molecule has 0 saturated carbocycles. The minimum absolute atomic E-state index is 0.311. The minimum Gasteiger partial charge on any atom is -0.297 e. The molecule has 0 aliphatic heterocycles. The molecule has 1 heterocycles. The van der Waals surface area contributed by atoms with Gasteiger partial charge in [0.25, 0.3) is 5.56 Å². The van der Waals surface area contributed by atoms with Gasteiger partial charge in [0.2, 0.25) is 0 Å². The largest absolute Gasteiger partial charge is 0.328 e. The Hall–Kier alpha value is -0.840. The van der Waals surface area contributed by atoms with E-state index in [4.69, 9.17) is 0 Å². The molecule has 0 atom stereocenters. The number of aromatic nitrogens is 2. The van der Waals surface area contributed by atoms with Crippen LogP contribution in [0.2, 0.25) is 0 Å². The Kier molecular flexibility index (Phi) is 6.39. The van der Waals surface area contributed by atoms with Crippen LogP contribution in [0.15, 0.2) is 14.1 Å². The summed E-state index contributed by atoms with van der Waals surface area (Å²) in [5.74, 6) is 0. The lowest BCUT2D eigenvalue weighted by molar-refractivity contribution is 0.533. The molecule has 4 nitrogen and oxygen atoms in total. The van der Waals surface area contributed by atoms with Gasteiger partial charge >= 0.3 is 5.69 Å². The van der Waals surface area contributed by atoms with Crippen LogP contribution in [0.5, 0.6) is 0 Å². The van der Waals surface area contributed by atoms with Gasteiger partial charge in [-0.15, -0.1) is 0 Å². The molecular formula is C13H21BrN2O2. The predicted molar refractivity (Wildman–Crippen MR) is 77.1 cm³/mol. The smallest absolute Gasteiger partial charge is 0.297 e. The van der Waals surface area contributed by atoms with E-state index in [0.29, 0.717) is 16.7 Å². The second-order valence-corrected chi connectivity index (χ2v) is 5.37. The van der Waals surface area contributed by atoms with Crippen molar-refractivity contribution in [1.29, 1.82) is 0 Å². The third-order valence-electron chi connectivity index (χ3n) is 3.12. The lowest BCUT2D eigenvalue weighted by Gasteiger charge is -2.10. The van der Waals surface area contributed by atoms with Crippen molar-refractivity contribution < 1.29 is 0 Å². The topological polar surface area (TPSA) is 54.9 Å². The zero-order valence-electron chi connectivity index (χ0n) is 11.1. The van der Waals surface area contributed by atoms with Gasteiger partial charge in [0.15, 0.2) is 0 Å². The molecule has 0 saturated heterocycles. The van der Waals surface area contributed by atoms with E-state index in [9.17, 15) is 9.59 Å². The predicted octanol–water partition coefficient (Wildman–Crippen LogP) is 2.97. The van der Waals surface area contributed by atoms with Crippen molar-refractivity contribution in [3.05, 3.63) is 31.0 Å². The number of nitrogens with one attached hydrogen (secondary N) is 1. The van der Waals surface area contributed by atoms with E-state index in [0.717, 1.165) is 12.8 Å². The van der Waals surface area contributed by atoms with Crippen molar-refractivity contribution in [2.24, 2.45) is 0 Å². The summed E-state index contributed by atoms with van der Waals surface area (Å²) >= 11 is 3.20. The fraction of sp³-hybridized carbons (Fsp3) is 0.692. The second kappa shape index (κ2) is 7.56. The van der Waals surface area contributed by atoms with E-state index in [-0.39, 0.29) is 11.2 Å². The average molecular weight is 317 g/mol. The van der Waals surface area contributed by atoms with Gasteiger partial charge in [0.1, 0.15) is 4.47 Å². The van der Waals surface area contributed by atoms with Gasteiger partial charge < -0.3 is 0 Å². The van der Waals surface area contributed by atoms with Crippen molar-refractivity contribution in [2.45, 2.75) is 58.9 Å². The quantitative estimate of drug-likeness (QED) is 0.786. The molecule has 0 aromatic carbocycles. The fourth-order valence-electron chi connectivity index (χ4n) is 1.97. The molecular weight excluding hydrogens is 296 g/mol. The number of nitrogens with zero attached hydrogens (tertiary/aromatic N) is 1. The van der Waals surface area contributed by atoms with Crippen LogP contribution < -0.4 is 11.2 Å². The van der Waals surface area contributed by atoms with Crippen LogP contribution in [-0.4, -0.2) is 9.55 Å². The van der Waals surface area contributed by atoms with E-state index < -0.39 is 0 Å². The maximum Gasteiger partial charge on any atom is 0.328 e. The Morgan fingerprint density at radius 3 is 2.39 bits per heavy atom. The van der Waals surface area contributed by atoms with Gasteiger partial charge in [0, 0.05) is 12.2 Å². The van der Waals surface area contributed by atoms with Crippen LogP contribution in [-0.2, 0) is 6.54 Å². The highest BCUT2D eigenvalue weighted by molar-refractivity contribution is 9.10. The third kappa shape index (κ3) is 4.12. The standard InChI is InChI=1S/C13H21BrN2O2/c1-3-4-5-6-7-8-9-16-10(2)11(14)12(17)15-13(16)18/h3-9H2,1-2H3,(H,15,17,18). The Morgan fingerprint density at radius 1 is 1.11 bits per heavy atom. The number of H-pyrrole nitrogens is 1. The van der Waals surface area contributed by atoms with Crippen LogP contribution >= 0.6 is 15.9 Å². The van der Waals surface area contributed by atoms with Crippen LogP contribution in [0.1, 0.15) is 51.1 Å². The maximum atomic E-state index is 11.7. The molecule has 0 aliphatic rings. The molecule has 1 aromatic rings. The van der Waals surface area contributed by atoms with Crippen molar-refractivity contribution in [1.82, 2.24) is 9.55 Å². The molecule has 1 N–H and O–H groups in total. The van der Waals surface area contributed by atoms with Crippen molar-refractivity contribution in [3.63, 3.8) is 0 Å². The SMILES string of the molecule is CCCCCCCCn1c(C)c(Br)c(=O)[nH]c1=O.